The molecular weight excluding hydrogens is 430 g/mol. The predicted octanol–water partition coefficient (Wildman–Crippen LogP) is 3.15. The molecule has 0 bridgehead atoms. The maximum absolute atomic E-state index is 12.1. The quantitative estimate of drug-likeness (QED) is 0.582. The zero-order valence-corrected chi connectivity index (χ0v) is 15.2. The summed E-state index contributed by atoms with van der Waals surface area (Å²) in [6, 6.07) is 3.25. The van der Waals surface area contributed by atoms with Crippen molar-refractivity contribution in [3.63, 3.8) is 0 Å². The normalized spacial score (nSPS) is 10.7. The number of aromatic nitrogens is 5. The van der Waals surface area contributed by atoms with E-state index in [2.05, 4.69) is 47.0 Å². The van der Waals surface area contributed by atoms with Crippen LogP contribution in [0.5, 0.6) is 0 Å². The maximum atomic E-state index is 12.1. The lowest BCUT2D eigenvalue weighted by Crippen LogP contribution is -2.10. The Morgan fingerprint density at radius 1 is 1.09 bits per heavy atom. The largest absolute Gasteiger partial charge is 0.462 e. The first-order valence-corrected chi connectivity index (χ1v) is 8.25. The van der Waals surface area contributed by atoms with Gasteiger partial charge in [0.15, 0.2) is 11.6 Å². The molecule has 0 amide bonds. The summed E-state index contributed by atoms with van der Waals surface area (Å²) >= 11 is 6.68. The summed E-state index contributed by atoms with van der Waals surface area (Å²) in [7, 11) is 0. The van der Waals surface area contributed by atoms with Crippen LogP contribution in [0.2, 0.25) is 0 Å². The van der Waals surface area contributed by atoms with Crippen LogP contribution in [0.25, 0.3) is 11.6 Å². The van der Waals surface area contributed by atoms with E-state index in [9.17, 15) is 4.79 Å². The van der Waals surface area contributed by atoms with Crippen LogP contribution < -0.4 is 0 Å². The second-order valence-electron chi connectivity index (χ2n) is 4.50. The number of pyridine rings is 1. The molecule has 0 radical (unpaired) electrons. The van der Waals surface area contributed by atoms with Crippen LogP contribution in [0.15, 0.2) is 45.9 Å². The molecule has 0 aliphatic heterocycles. The Labute approximate surface area is 148 Å². The van der Waals surface area contributed by atoms with Crippen LogP contribution in [0, 0.1) is 0 Å². The number of carbonyl (C=O) groups excluding carboxylic acids is 1. The minimum absolute atomic E-state index is 0.298. The van der Waals surface area contributed by atoms with Gasteiger partial charge in [-0.15, -0.1) is 0 Å². The molecule has 0 saturated carbocycles. The van der Waals surface area contributed by atoms with Gasteiger partial charge in [0, 0.05) is 12.4 Å². The average molecular weight is 441 g/mol. The Morgan fingerprint density at radius 3 is 2.00 bits per heavy atom. The van der Waals surface area contributed by atoms with Crippen molar-refractivity contribution in [3.05, 3.63) is 51.4 Å². The van der Waals surface area contributed by atoms with Gasteiger partial charge in [-0.2, -0.15) is 10.2 Å². The fourth-order valence-corrected chi connectivity index (χ4v) is 2.49. The molecule has 0 spiro atoms. The SMILES string of the molecule is CCOC(=O)c1cc(-n2cc(Br)cn2)nc(-n2cc(Br)cn2)c1. The van der Waals surface area contributed by atoms with Crippen molar-refractivity contribution >= 4 is 37.8 Å². The van der Waals surface area contributed by atoms with Crippen molar-refractivity contribution in [1.82, 2.24) is 24.5 Å². The number of rotatable bonds is 4. The molecule has 0 fully saturated rings. The number of carbonyl (C=O) groups is 1. The molecular formula is C14H11Br2N5O2. The van der Waals surface area contributed by atoms with Gasteiger partial charge >= 0.3 is 5.97 Å². The highest BCUT2D eigenvalue weighted by Crippen LogP contribution is 2.18. The smallest absolute Gasteiger partial charge is 0.338 e. The standard InChI is InChI=1S/C14H11Br2N5O2/c1-2-23-14(22)9-3-12(20-7-10(15)5-17-20)19-13(4-9)21-8-11(16)6-18-21/h3-8H,2H2,1H3. The third-order valence-corrected chi connectivity index (χ3v) is 3.70. The van der Waals surface area contributed by atoms with Crippen molar-refractivity contribution in [3.8, 4) is 11.6 Å². The zero-order chi connectivity index (χ0) is 16.4. The molecule has 0 saturated heterocycles. The van der Waals surface area contributed by atoms with Gasteiger partial charge in [0.25, 0.3) is 0 Å². The van der Waals surface area contributed by atoms with E-state index in [0.717, 1.165) is 8.95 Å². The minimum atomic E-state index is -0.421. The zero-order valence-electron chi connectivity index (χ0n) is 12.0. The van der Waals surface area contributed by atoms with Crippen LogP contribution in [0.1, 0.15) is 17.3 Å². The Bertz CT molecular complexity index is 800. The van der Waals surface area contributed by atoms with Crippen LogP contribution in [-0.4, -0.2) is 37.1 Å². The third-order valence-electron chi connectivity index (χ3n) is 2.88. The van der Waals surface area contributed by atoms with Crippen molar-refractivity contribution in [2.24, 2.45) is 0 Å². The van der Waals surface area contributed by atoms with Gasteiger partial charge in [-0.1, -0.05) is 0 Å². The van der Waals surface area contributed by atoms with Crippen molar-refractivity contribution in [2.45, 2.75) is 6.92 Å². The van der Waals surface area contributed by atoms with Crippen LogP contribution >= 0.6 is 31.9 Å². The van der Waals surface area contributed by atoms with Gasteiger partial charge in [-0.25, -0.2) is 19.1 Å². The van der Waals surface area contributed by atoms with Gasteiger partial charge in [0.2, 0.25) is 0 Å². The van der Waals surface area contributed by atoms with Crippen LogP contribution in [0.4, 0.5) is 0 Å². The van der Waals surface area contributed by atoms with E-state index in [1.54, 1.807) is 53.2 Å². The summed E-state index contributed by atoms with van der Waals surface area (Å²) in [6.07, 6.45) is 6.78. The monoisotopic (exact) mass is 439 g/mol. The Balaban J connectivity index is 2.12. The molecule has 0 N–H and O–H groups in total. The summed E-state index contributed by atoms with van der Waals surface area (Å²) in [5.41, 5.74) is 0.380. The number of halogens is 2. The van der Waals surface area contributed by atoms with E-state index < -0.39 is 5.97 Å². The fraction of sp³-hybridized carbons (Fsp3) is 0.143. The van der Waals surface area contributed by atoms with Gasteiger partial charge < -0.3 is 4.74 Å². The van der Waals surface area contributed by atoms with E-state index in [4.69, 9.17) is 4.74 Å². The number of hydrogen-bond donors (Lipinski definition) is 0. The molecule has 3 rings (SSSR count). The molecule has 3 aromatic rings. The third kappa shape index (κ3) is 3.50. The summed E-state index contributed by atoms with van der Waals surface area (Å²) < 4.78 is 9.82. The Kier molecular flexibility index (Phi) is 4.58. The van der Waals surface area contributed by atoms with Gasteiger partial charge in [0.1, 0.15) is 0 Å². The second kappa shape index (κ2) is 6.63. The van der Waals surface area contributed by atoms with Crippen molar-refractivity contribution < 1.29 is 9.53 Å². The van der Waals surface area contributed by atoms with Gasteiger partial charge in [-0.3, -0.25) is 0 Å². The maximum Gasteiger partial charge on any atom is 0.338 e. The van der Waals surface area contributed by atoms with E-state index in [1.807, 2.05) is 0 Å². The van der Waals surface area contributed by atoms with Gasteiger partial charge in [0.05, 0.1) is 33.5 Å². The Hall–Kier alpha value is -2.00. The molecule has 0 atom stereocenters. The number of ether oxygens (including phenoxy) is 1. The lowest BCUT2D eigenvalue weighted by molar-refractivity contribution is 0.0526. The Morgan fingerprint density at radius 2 is 1.61 bits per heavy atom. The number of nitrogens with zero attached hydrogens (tertiary/aromatic N) is 5. The lowest BCUT2D eigenvalue weighted by Gasteiger charge is -2.08. The molecule has 3 heterocycles. The minimum Gasteiger partial charge on any atom is -0.462 e. The van der Waals surface area contributed by atoms with Crippen molar-refractivity contribution in [2.75, 3.05) is 6.61 Å². The predicted molar refractivity (Wildman–Crippen MR) is 89.8 cm³/mol. The van der Waals surface area contributed by atoms with E-state index in [1.165, 1.54) is 0 Å². The van der Waals surface area contributed by atoms with E-state index in [0.29, 0.717) is 23.8 Å². The highest BCUT2D eigenvalue weighted by atomic mass is 79.9. The molecule has 7 nitrogen and oxygen atoms in total. The van der Waals surface area contributed by atoms with Crippen LogP contribution in [-0.2, 0) is 4.74 Å². The van der Waals surface area contributed by atoms with Crippen molar-refractivity contribution in [1.29, 1.82) is 0 Å². The molecule has 23 heavy (non-hydrogen) atoms. The molecule has 0 aliphatic rings. The molecule has 0 unspecified atom stereocenters. The first kappa shape index (κ1) is 15.9. The molecule has 118 valence electrons. The van der Waals surface area contributed by atoms with E-state index >= 15 is 0 Å². The first-order chi connectivity index (χ1) is 11.1. The molecule has 9 heteroatoms. The summed E-state index contributed by atoms with van der Waals surface area (Å²) in [6.45, 7) is 2.06. The molecule has 0 aliphatic carbocycles. The average Bonchev–Trinajstić information content (AvgIpc) is 3.16. The number of esters is 1. The number of hydrogen-bond acceptors (Lipinski definition) is 5. The highest BCUT2D eigenvalue weighted by molar-refractivity contribution is 9.10. The highest BCUT2D eigenvalue weighted by Gasteiger charge is 2.14. The first-order valence-electron chi connectivity index (χ1n) is 6.67. The van der Waals surface area contributed by atoms with Crippen LogP contribution in [0.3, 0.4) is 0 Å². The summed E-state index contributed by atoms with van der Waals surface area (Å²) in [5.74, 6) is 0.556. The second-order valence-corrected chi connectivity index (χ2v) is 6.33. The lowest BCUT2D eigenvalue weighted by atomic mass is 10.2. The molecule has 0 aromatic carbocycles. The topological polar surface area (TPSA) is 74.8 Å². The molecule has 3 aromatic heterocycles. The van der Waals surface area contributed by atoms with Gasteiger partial charge in [-0.05, 0) is 50.9 Å². The summed E-state index contributed by atoms with van der Waals surface area (Å²) in [4.78, 5) is 16.6. The fourth-order valence-electron chi connectivity index (χ4n) is 1.92. The summed E-state index contributed by atoms with van der Waals surface area (Å²) in [5, 5.41) is 8.38. The van der Waals surface area contributed by atoms with E-state index in [-0.39, 0.29) is 0 Å².